The largest absolute Gasteiger partial charge is 0.358 e. The van der Waals surface area contributed by atoms with Crippen molar-refractivity contribution in [2.45, 2.75) is 32.4 Å². The van der Waals surface area contributed by atoms with Gasteiger partial charge in [-0.2, -0.15) is 11.3 Å². The average molecular weight is 226 g/mol. The summed E-state index contributed by atoms with van der Waals surface area (Å²) in [5.74, 6) is 0.0344. The molecule has 3 nitrogen and oxygen atoms in total. The molecule has 1 aromatic heterocycles. The topological polar surface area (TPSA) is 41.1 Å². The molecule has 0 aliphatic heterocycles. The summed E-state index contributed by atoms with van der Waals surface area (Å²) in [5.41, 5.74) is 1.32. The van der Waals surface area contributed by atoms with Crippen molar-refractivity contribution < 1.29 is 4.79 Å². The van der Waals surface area contributed by atoms with E-state index in [2.05, 4.69) is 34.4 Å². The lowest BCUT2D eigenvalue weighted by Crippen LogP contribution is -2.45. The normalized spacial score (nSPS) is 14.6. The fraction of sp³-hybridized carbons (Fsp3) is 0.545. The van der Waals surface area contributed by atoms with Gasteiger partial charge in [-0.25, -0.2) is 0 Å². The first-order chi connectivity index (χ1) is 7.13. The second-order valence-corrected chi connectivity index (χ2v) is 4.52. The minimum Gasteiger partial charge on any atom is -0.358 e. The van der Waals surface area contributed by atoms with Gasteiger partial charge in [-0.3, -0.25) is 4.79 Å². The van der Waals surface area contributed by atoms with Gasteiger partial charge in [0, 0.05) is 13.1 Å². The molecule has 1 amide bonds. The van der Waals surface area contributed by atoms with E-state index in [0.29, 0.717) is 6.04 Å². The molecule has 0 spiro atoms. The van der Waals surface area contributed by atoms with Crippen LogP contribution in [0, 0.1) is 0 Å². The molecule has 0 saturated heterocycles. The van der Waals surface area contributed by atoms with E-state index >= 15 is 0 Å². The molecule has 2 atom stereocenters. The van der Waals surface area contributed by atoms with Crippen molar-refractivity contribution >= 4 is 17.2 Å². The van der Waals surface area contributed by atoms with Crippen molar-refractivity contribution in [1.82, 2.24) is 10.6 Å². The Labute approximate surface area is 94.9 Å². The molecule has 4 heteroatoms. The molecule has 15 heavy (non-hydrogen) atoms. The maximum Gasteiger partial charge on any atom is 0.236 e. The monoisotopic (exact) mass is 226 g/mol. The lowest BCUT2D eigenvalue weighted by molar-refractivity contribution is -0.122. The van der Waals surface area contributed by atoms with Crippen molar-refractivity contribution in [3.05, 3.63) is 22.4 Å². The first kappa shape index (κ1) is 12.2. The molecule has 1 aromatic rings. The van der Waals surface area contributed by atoms with Gasteiger partial charge in [-0.1, -0.05) is 0 Å². The number of likely N-dealkylation sites (N-methyl/N-ethyl adjacent to an activating group) is 1. The number of hydrogen-bond acceptors (Lipinski definition) is 3. The van der Waals surface area contributed by atoms with Crippen LogP contribution >= 0.6 is 11.3 Å². The van der Waals surface area contributed by atoms with E-state index in [0.717, 1.165) is 6.42 Å². The number of carbonyl (C=O) groups is 1. The summed E-state index contributed by atoms with van der Waals surface area (Å²) >= 11 is 1.70. The van der Waals surface area contributed by atoms with Gasteiger partial charge in [0.2, 0.25) is 5.91 Å². The Kier molecular flexibility index (Phi) is 4.78. The summed E-state index contributed by atoms with van der Waals surface area (Å²) < 4.78 is 0. The molecule has 0 bridgehead atoms. The maximum absolute atomic E-state index is 11.3. The molecule has 1 rings (SSSR count). The van der Waals surface area contributed by atoms with Gasteiger partial charge >= 0.3 is 0 Å². The summed E-state index contributed by atoms with van der Waals surface area (Å²) in [6, 6.07) is 2.29. The van der Waals surface area contributed by atoms with Crippen molar-refractivity contribution in [1.29, 1.82) is 0 Å². The molecule has 84 valence electrons. The fourth-order valence-electron chi connectivity index (χ4n) is 1.54. The Bertz CT molecular complexity index is 298. The van der Waals surface area contributed by atoms with E-state index in [1.807, 2.05) is 6.92 Å². The molecule has 2 N–H and O–H groups in total. The Hall–Kier alpha value is -0.870. The van der Waals surface area contributed by atoms with Crippen LogP contribution in [0.5, 0.6) is 0 Å². The highest BCUT2D eigenvalue weighted by molar-refractivity contribution is 7.07. The van der Waals surface area contributed by atoms with Crippen LogP contribution in [0.4, 0.5) is 0 Å². The summed E-state index contributed by atoms with van der Waals surface area (Å²) in [6.45, 7) is 3.97. The van der Waals surface area contributed by atoms with Gasteiger partial charge in [0.1, 0.15) is 0 Å². The van der Waals surface area contributed by atoms with Crippen LogP contribution in [-0.2, 0) is 11.2 Å². The van der Waals surface area contributed by atoms with Crippen LogP contribution in [-0.4, -0.2) is 25.0 Å². The molecule has 0 fully saturated rings. The van der Waals surface area contributed by atoms with E-state index in [9.17, 15) is 4.79 Å². The van der Waals surface area contributed by atoms with Crippen LogP contribution < -0.4 is 10.6 Å². The zero-order valence-corrected chi connectivity index (χ0v) is 10.2. The first-order valence-corrected chi connectivity index (χ1v) is 6.06. The highest BCUT2D eigenvalue weighted by Gasteiger charge is 2.13. The number of hydrogen-bond donors (Lipinski definition) is 2. The smallest absolute Gasteiger partial charge is 0.236 e. The number of nitrogens with one attached hydrogen (secondary N) is 2. The molecule has 0 radical (unpaired) electrons. The van der Waals surface area contributed by atoms with Crippen LogP contribution in [0.15, 0.2) is 16.8 Å². The Balaban J connectivity index is 2.35. The number of thiophene rings is 1. The Morgan fingerprint density at radius 2 is 2.27 bits per heavy atom. The number of rotatable bonds is 5. The van der Waals surface area contributed by atoms with Gasteiger partial charge in [-0.05, 0) is 42.7 Å². The minimum atomic E-state index is -0.136. The molecule has 1 unspecified atom stereocenters. The van der Waals surface area contributed by atoms with Crippen LogP contribution in [0.1, 0.15) is 19.4 Å². The van der Waals surface area contributed by atoms with E-state index in [1.165, 1.54) is 5.56 Å². The second-order valence-electron chi connectivity index (χ2n) is 3.74. The standard InChI is InChI=1S/C11H18N2OS/c1-8(6-10-4-5-15-7-10)13-9(2)11(14)12-3/h4-5,7-9,13H,6H2,1-3H3,(H,12,14)/t8?,9-/m1/s1. The van der Waals surface area contributed by atoms with E-state index < -0.39 is 0 Å². The summed E-state index contributed by atoms with van der Waals surface area (Å²) in [5, 5.41) is 10.1. The number of amides is 1. The highest BCUT2D eigenvalue weighted by Crippen LogP contribution is 2.08. The molecule has 0 aromatic carbocycles. The van der Waals surface area contributed by atoms with Crippen LogP contribution in [0.3, 0.4) is 0 Å². The SMILES string of the molecule is CNC(=O)[C@@H](C)NC(C)Cc1ccsc1. The maximum atomic E-state index is 11.3. The third-order valence-electron chi connectivity index (χ3n) is 2.30. The molecular weight excluding hydrogens is 208 g/mol. The number of carbonyl (C=O) groups excluding carboxylic acids is 1. The van der Waals surface area contributed by atoms with Gasteiger partial charge in [0.05, 0.1) is 6.04 Å². The van der Waals surface area contributed by atoms with E-state index in [-0.39, 0.29) is 11.9 Å². The van der Waals surface area contributed by atoms with Gasteiger partial charge in [-0.15, -0.1) is 0 Å². The zero-order valence-electron chi connectivity index (χ0n) is 9.41. The molecule has 0 saturated carbocycles. The van der Waals surface area contributed by atoms with Crippen LogP contribution in [0.2, 0.25) is 0 Å². The summed E-state index contributed by atoms with van der Waals surface area (Å²) in [6.07, 6.45) is 0.963. The third kappa shape index (κ3) is 4.01. The molecule has 0 aliphatic carbocycles. The van der Waals surface area contributed by atoms with Gasteiger partial charge in [0.25, 0.3) is 0 Å². The van der Waals surface area contributed by atoms with Crippen molar-refractivity contribution in [2.75, 3.05) is 7.05 Å². The zero-order chi connectivity index (χ0) is 11.3. The molecule has 1 heterocycles. The lowest BCUT2D eigenvalue weighted by Gasteiger charge is -2.18. The van der Waals surface area contributed by atoms with E-state index in [1.54, 1.807) is 18.4 Å². The van der Waals surface area contributed by atoms with Crippen molar-refractivity contribution in [3.63, 3.8) is 0 Å². The minimum absolute atomic E-state index is 0.0344. The van der Waals surface area contributed by atoms with Gasteiger partial charge in [0.15, 0.2) is 0 Å². The van der Waals surface area contributed by atoms with Gasteiger partial charge < -0.3 is 10.6 Å². The predicted octanol–water partition coefficient (Wildman–Crippen LogP) is 1.40. The predicted molar refractivity (Wildman–Crippen MR) is 64.1 cm³/mol. The quantitative estimate of drug-likeness (QED) is 0.797. The Morgan fingerprint density at radius 3 is 2.80 bits per heavy atom. The molecular formula is C11H18N2OS. The molecule has 0 aliphatic rings. The van der Waals surface area contributed by atoms with Crippen LogP contribution in [0.25, 0.3) is 0 Å². The summed E-state index contributed by atoms with van der Waals surface area (Å²) in [7, 11) is 1.66. The first-order valence-electron chi connectivity index (χ1n) is 5.12. The lowest BCUT2D eigenvalue weighted by atomic mass is 10.1. The Morgan fingerprint density at radius 1 is 1.53 bits per heavy atom. The highest BCUT2D eigenvalue weighted by atomic mass is 32.1. The second kappa shape index (κ2) is 5.88. The average Bonchev–Trinajstić information content (AvgIpc) is 2.68. The summed E-state index contributed by atoms with van der Waals surface area (Å²) in [4.78, 5) is 11.3. The van der Waals surface area contributed by atoms with Crippen molar-refractivity contribution in [3.8, 4) is 0 Å². The fourth-order valence-corrected chi connectivity index (χ4v) is 2.22. The van der Waals surface area contributed by atoms with E-state index in [4.69, 9.17) is 0 Å². The third-order valence-corrected chi connectivity index (χ3v) is 3.03. The van der Waals surface area contributed by atoms with Crippen molar-refractivity contribution in [2.24, 2.45) is 0 Å².